The van der Waals surface area contributed by atoms with Gasteiger partial charge in [0.25, 0.3) is 0 Å². The second-order valence-corrected chi connectivity index (χ2v) is 19.5. The molecule has 0 fully saturated rings. The molecule has 15 heavy (non-hydrogen) atoms. The maximum absolute atomic E-state index is 6.01. The van der Waals surface area contributed by atoms with Crippen LogP contribution in [0.3, 0.4) is 0 Å². The van der Waals surface area contributed by atoms with Gasteiger partial charge in [0, 0.05) is 0 Å². The summed E-state index contributed by atoms with van der Waals surface area (Å²) in [6.45, 7) is 2.87. The molecule has 1 aromatic rings. The zero-order valence-corrected chi connectivity index (χ0v) is 14.8. The molecule has 0 saturated carbocycles. The molecule has 0 aromatic heterocycles. The number of hydrogen-bond donors (Lipinski definition) is 0. The van der Waals surface area contributed by atoms with Gasteiger partial charge in [0.2, 0.25) is 0 Å². The molecular weight excluding hydrogens is 423 g/mol. The van der Waals surface area contributed by atoms with Gasteiger partial charge in [-0.25, -0.2) is 0 Å². The Morgan fingerprint density at radius 2 is 1.93 bits per heavy atom. The summed E-state index contributed by atoms with van der Waals surface area (Å²) in [5, 5.41) is 0. The summed E-state index contributed by atoms with van der Waals surface area (Å²) >= 11 is -2.36. The van der Waals surface area contributed by atoms with Gasteiger partial charge in [-0.2, -0.15) is 0 Å². The van der Waals surface area contributed by atoms with Crippen molar-refractivity contribution in [3.05, 3.63) is 35.9 Å². The molecule has 1 rings (SSSR count). The van der Waals surface area contributed by atoms with Crippen molar-refractivity contribution in [1.82, 2.24) is 0 Å². The summed E-state index contributed by atoms with van der Waals surface area (Å²) in [6.07, 6.45) is 1.13. The van der Waals surface area contributed by atoms with Crippen LogP contribution in [-0.4, -0.2) is 26.9 Å². The predicted molar refractivity (Wildman–Crippen MR) is 67.7 cm³/mol. The van der Waals surface area contributed by atoms with Crippen molar-refractivity contribution >= 4 is 36.9 Å². The van der Waals surface area contributed by atoms with E-state index >= 15 is 0 Å². The molecule has 82 valence electrons. The van der Waals surface area contributed by atoms with Gasteiger partial charge in [-0.05, 0) is 0 Å². The van der Waals surface area contributed by atoms with Crippen LogP contribution in [0.5, 0.6) is 0 Å². The number of benzene rings is 1. The minimum absolute atomic E-state index is 0.104. The van der Waals surface area contributed by atoms with Crippen LogP contribution in [0.2, 0.25) is 3.98 Å². The van der Waals surface area contributed by atoms with Crippen LogP contribution in [0, 0.1) is 0 Å². The van der Waals surface area contributed by atoms with E-state index in [1.807, 2.05) is 18.2 Å². The van der Waals surface area contributed by atoms with E-state index in [-0.39, 0.29) is 6.10 Å². The Morgan fingerprint density at radius 3 is 2.47 bits per heavy atom. The third-order valence-electron chi connectivity index (χ3n) is 2.09. The molecule has 1 aromatic carbocycles. The summed E-state index contributed by atoms with van der Waals surface area (Å²) in [5.74, 6) is 0. The fourth-order valence-corrected chi connectivity index (χ4v) is 7.08. The molecule has 0 aliphatic rings. The Bertz CT molecular complexity index is 267. The molecule has 1 unspecified atom stereocenters. The normalized spacial score (nSPS) is 12.5. The van der Waals surface area contributed by atoms with Crippen molar-refractivity contribution in [1.29, 1.82) is 0 Å². The third-order valence-corrected chi connectivity index (χ3v) is 8.26. The number of halogens is 2. The van der Waals surface area contributed by atoms with Gasteiger partial charge in [-0.15, -0.1) is 0 Å². The van der Waals surface area contributed by atoms with Crippen molar-refractivity contribution in [2.75, 3.05) is 6.61 Å². The van der Waals surface area contributed by atoms with Crippen molar-refractivity contribution in [2.45, 2.75) is 23.4 Å². The molecule has 1 atom stereocenters. The van der Waals surface area contributed by atoms with E-state index in [1.165, 1.54) is 5.56 Å². The van der Waals surface area contributed by atoms with E-state index in [0.717, 1.165) is 17.0 Å². The Kier molecular flexibility index (Phi) is 7.22. The van der Waals surface area contributed by atoms with Crippen LogP contribution in [-0.2, 0) is 4.74 Å². The standard InChI is InChI=1S/C11H15O.2ClH.Tl/c1-3-9-12-10(2)11-7-5-4-6-8-11;;;/h4-8,10H,2-3,9H2,1H3;2*1H;/q;;;+2/p-2. The second-order valence-electron chi connectivity index (χ2n) is 3.40. The molecule has 0 heterocycles. The third kappa shape index (κ3) is 5.52. The van der Waals surface area contributed by atoms with Gasteiger partial charge in [0.1, 0.15) is 0 Å². The van der Waals surface area contributed by atoms with Crippen LogP contribution in [0.25, 0.3) is 0 Å². The molecule has 0 N–H and O–H groups in total. The van der Waals surface area contributed by atoms with E-state index < -0.39 is 20.3 Å². The van der Waals surface area contributed by atoms with Gasteiger partial charge in [-0.1, -0.05) is 0 Å². The van der Waals surface area contributed by atoms with Crippen LogP contribution < -0.4 is 0 Å². The van der Waals surface area contributed by atoms with Crippen molar-refractivity contribution in [3.63, 3.8) is 0 Å². The SMILES string of the molecule is CCCOC([CH2][Tl]([Cl])[Cl])c1ccccc1. The number of rotatable bonds is 6. The quantitative estimate of drug-likeness (QED) is 0.607. The first-order valence-electron chi connectivity index (χ1n) is 5.18. The fraction of sp³-hybridized carbons (Fsp3) is 0.455. The van der Waals surface area contributed by atoms with Crippen LogP contribution in [0.1, 0.15) is 25.0 Å². The molecule has 0 amide bonds. The van der Waals surface area contributed by atoms with E-state index in [9.17, 15) is 0 Å². The van der Waals surface area contributed by atoms with E-state index in [4.69, 9.17) is 21.4 Å². The van der Waals surface area contributed by atoms with Crippen LogP contribution >= 0.6 is 16.6 Å². The molecule has 0 aliphatic heterocycles. The average Bonchev–Trinajstić information content (AvgIpc) is 2.25. The van der Waals surface area contributed by atoms with Gasteiger partial charge in [0.05, 0.1) is 0 Å². The maximum atomic E-state index is 6.01. The Hall–Kier alpha value is 0.682. The van der Waals surface area contributed by atoms with E-state index in [2.05, 4.69) is 19.1 Å². The molecule has 0 aliphatic carbocycles. The molecule has 0 saturated heterocycles. The fourth-order valence-electron chi connectivity index (χ4n) is 1.39. The molecule has 4 heteroatoms. The Balaban J connectivity index is 2.63. The first-order chi connectivity index (χ1) is 7.24. The predicted octanol–water partition coefficient (Wildman–Crippen LogP) is 4.12. The van der Waals surface area contributed by atoms with Gasteiger partial charge in [-0.3, -0.25) is 0 Å². The topological polar surface area (TPSA) is 9.23 Å². The van der Waals surface area contributed by atoms with Gasteiger partial charge >= 0.3 is 108 Å². The zero-order valence-electron chi connectivity index (χ0n) is 8.83. The monoisotopic (exact) mass is 438 g/mol. The van der Waals surface area contributed by atoms with Gasteiger partial charge < -0.3 is 0 Å². The molecule has 0 bridgehead atoms. The Morgan fingerprint density at radius 1 is 1.27 bits per heavy atom. The second kappa shape index (κ2) is 7.87. The molecular formula is C11H15Cl2OTl. The van der Waals surface area contributed by atoms with Crippen molar-refractivity contribution < 1.29 is 4.74 Å². The molecule has 0 radical (unpaired) electrons. The average molecular weight is 439 g/mol. The first-order valence-corrected chi connectivity index (χ1v) is 19.4. The molecule has 1 nitrogen and oxygen atoms in total. The van der Waals surface area contributed by atoms with Crippen molar-refractivity contribution in [2.24, 2.45) is 0 Å². The molecule has 0 spiro atoms. The van der Waals surface area contributed by atoms with Crippen LogP contribution in [0.15, 0.2) is 30.3 Å². The Labute approximate surface area is 107 Å². The van der Waals surface area contributed by atoms with Crippen molar-refractivity contribution in [3.8, 4) is 0 Å². The summed E-state index contributed by atoms with van der Waals surface area (Å²) in [7, 11) is 12.0. The summed E-state index contributed by atoms with van der Waals surface area (Å²) in [5.41, 5.74) is 1.19. The minimum atomic E-state index is -2.36. The summed E-state index contributed by atoms with van der Waals surface area (Å²) in [4.78, 5) is 0. The van der Waals surface area contributed by atoms with Gasteiger partial charge in [0.15, 0.2) is 0 Å². The number of ether oxygens (including phenoxy) is 1. The number of hydrogen-bond acceptors (Lipinski definition) is 1. The van der Waals surface area contributed by atoms with Crippen LogP contribution in [0.4, 0.5) is 0 Å². The van der Waals surface area contributed by atoms with E-state index in [1.54, 1.807) is 0 Å². The zero-order chi connectivity index (χ0) is 11.1. The summed E-state index contributed by atoms with van der Waals surface area (Å²) < 4.78 is 6.63. The summed E-state index contributed by atoms with van der Waals surface area (Å²) in [6, 6.07) is 10.2. The first kappa shape index (κ1) is 13.7. The van der Waals surface area contributed by atoms with E-state index in [0.29, 0.717) is 0 Å².